The van der Waals surface area contributed by atoms with Gasteiger partial charge < -0.3 is 5.11 Å². The Hall–Kier alpha value is -1.73. The van der Waals surface area contributed by atoms with Gasteiger partial charge in [-0.1, -0.05) is 31.2 Å². The van der Waals surface area contributed by atoms with Gasteiger partial charge in [-0.25, -0.2) is 0 Å². The van der Waals surface area contributed by atoms with Gasteiger partial charge in [0, 0.05) is 6.42 Å². The number of benzene rings is 1. The Morgan fingerprint density at radius 1 is 0.700 bits per heavy atom. The first-order valence-electron chi connectivity index (χ1n) is 7.90. The zero-order valence-electron chi connectivity index (χ0n) is 14.7. The molecule has 0 spiro atoms. The summed E-state index contributed by atoms with van der Waals surface area (Å²) in [6.07, 6.45) is -12.7. The Bertz CT molecular complexity index is 739. The summed E-state index contributed by atoms with van der Waals surface area (Å²) in [5.41, 5.74) is -0.406. The lowest BCUT2D eigenvalue weighted by Crippen LogP contribution is -2.70. The molecule has 1 nitrogen and oxygen atoms in total. The molecule has 1 aromatic carbocycles. The molecule has 0 bridgehead atoms. The molecule has 1 aromatic rings. The van der Waals surface area contributed by atoms with Crippen LogP contribution in [0.3, 0.4) is 0 Å². The summed E-state index contributed by atoms with van der Waals surface area (Å²) in [6.45, 7) is 1.42. The second kappa shape index (κ2) is 7.75. The summed E-state index contributed by atoms with van der Waals surface area (Å²) in [5.74, 6) is -37.3. The Labute approximate surface area is 160 Å². The van der Waals surface area contributed by atoms with E-state index in [1.807, 2.05) is 0 Å². The van der Waals surface area contributed by atoms with Crippen LogP contribution < -0.4 is 0 Å². The van der Waals surface area contributed by atoms with E-state index in [0.717, 1.165) is 12.1 Å². The SMILES string of the molecule is CCc1ccccc1C(O)CC(F)(F)C(F)(F)C(F)(F)C(F)(F)C(F)(F)C(F)(F)F. The fourth-order valence-corrected chi connectivity index (χ4v) is 2.46. The maximum atomic E-state index is 13.8. The van der Waals surface area contributed by atoms with Crippen molar-refractivity contribution >= 4 is 0 Å². The topological polar surface area (TPSA) is 20.2 Å². The van der Waals surface area contributed by atoms with Crippen LogP contribution in [-0.2, 0) is 6.42 Å². The molecule has 0 radical (unpaired) electrons. The fourth-order valence-electron chi connectivity index (χ4n) is 2.46. The molecule has 30 heavy (non-hydrogen) atoms. The second-order valence-electron chi connectivity index (χ2n) is 6.27. The van der Waals surface area contributed by atoms with Crippen LogP contribution in [0.4, 0.5) is 57.1 Å². The second-order valence-corrected chi connectivity index (χ2v) is 6.27. The summed E-state index contributed by atoms with van der Waals surface area (Å²) < 4.78 is 170. The van der Waals surface area contributed by atoms with E-state index in [9.17, 15) is 62.2 Å². The van der Waals surface area contributed by atoms with Crippen LogP contribution in [0, 0.1) is 0 Å². The molecule has 0 aliphatic rings. The molecule has 14 heteroatoms. The summed E-state index contributed by atoms with van der Waals surface area (Å²) in [6, 6.07) is 4.60. The summed E-state index contributed by atoms with van der Waals surface area (Å²) in [4.78, 5) is 0. The van der Waals surface area contributed by atoms with Crippen molar-refractivity contribution < 1.29 is 62.2 Å². The van der Waals surface area contributed by atoms with E-state index >= 15 is 0 Å². The van der Waals surface area contributed by atoms with Gasteiger partial charge in [0.15, 0.2) is 0 Å². The normalized spacial score (nSPS) is 16.0. The molecule has 0 fully saturated rings. The fraction of sp³-hybridized carbons (Fsp3) is 0.625. The van der Waals surface area contributed by atoms with E-state index in [1.165, 1.54) is 19.1 Å². The van der Waals surface area contributed by atoms with Crippen molar-refractivity contribution in [3.05, 3.63) is 35.4 Å². The number of halogens is 13. The van der Waals surface area contributed by atoms with Crippen molar-refractivity contribution in [1.82, 2.24) is 0 Å². The minimum atomic E-state index is -7.95. The molecule has 1 N–H and O–H groups in total. The molecule has 174 valence electrons. The van der Waals surface area contributed by atoms with E-state index in [2.05, 4.69) is 0 Å². The minimum absolute atomic E-state index is 0.0290. The largest absolute Gasteiger partial charge is 0.460 e. The van der Waals surface area contributed by atoms with E-state index in [0.29, 0.717) is 0 Å². The highest BCUT2D eigenvalue weighted by Gasteiger charge is 2.90. The van der Waals surface area contributed by atoms with Crippen molar-refractivity contribution in [3.63, 3.8) is 0 Å². The van der Waals surface area contributed by atoms with E-state index in [4.69, 9.17) is 0 Å². The first kappa shape index (κ1) is 26.3. The van der Waals surface area contributed by atoms with Crippen molar-refractivity contribution in [3.8, 4) is 0 Å². The molecular formula is C16H13F13O. The van der Waals surface area contributed by atoms with Crippen LogP contribution in [0.25, 0.3) is 0 Å². The third kappa shape index (κ3) is 3.94. The van der Waals surface area contributed by atoms with Crippen molar-refractivity contribution in [2.45, 2.75) is 61.7 Å². The van der Waals surface area contributed by atoms with E-state index < -0.39 is 53.9 Å². The Kier molecular flexibility index (Phi) is 6.80. The van der Waals surface area contributed by atoms with Crippen molar-refractivity contribution in [2.75, 3.05) is 0 Å². The van der Waals surface area contributed by atoms with Gasteiger partial charge in [-0.2, -0.15) is 57.1 Å². The van der Waals surface area contributed by atoms with Gasteiger partial charge in [-0.15, -0.1) is 0 Å². The Balaban J connectivity index is 3.38. The molecule has 0 amide bonds. The zero-order chi connectivity index (χ0) is 24.0. The number of hydrogen-bond acceptors (Lipinski definition) is 1. The Morgan fingerprint density at radius 2 is 1.13 bits per heavy atom. The van der Waals surface area contributed by atoms with Gasteiger partial charge >= 0.3 is 35.8 Å². The number of aliphatic hydroxyl groups is 1. The number of aryl methyl sites for hydroxylation is 1. The summed E-state index contributed by atoms with van der Waals surface area (Å²) in [7, 11) is 0. The lowest BCUT2D eigenvalue weighted by Gasteiger charge is -2.40. The molecule has 1 unspecified atom stereocenters. The number of hydrogen-bond donors (Lipinski definition) is 1. The zero-order valence-corrected chi connectivity index (χ0v) is 14.7. The number of alkyl halides is 13. The highest BCUT2D eigenvalue weighted by molar-refractivity contribution is 5.29. The molecule has 1 rings (SSSR count). The molecule has 0 aliphatic heterocycles. The predicted octanol–water partition coefficient (Wildman–Crippen LogP) is 6.41. The van der Waals surface area contributed by atoms with Gasteiger partial charge in [0.05, 0.1) is 6.10 Å². The molecule has 0 saturated heterocycles. The molecule has 0 saturated carbocycles. The standard InChI is InChI=1S/C16H13F13O/c1-2-8-5-3-4-6-9(8)10(30)7-11(17,18)12(19,20)13(21,22)14(23,24)15(25,26)16(27,28)29/h3-6,10,30H,2,7H2,1H3. The van der Waals surface area contributed by atoms with Crippen molar-refractivity contribution in [2.24, 2.45) is 0 Å². The van der Waals surface area contributed by atoms with Gasteiger partial charge in [-0.05, 0) is 17.5 Å². The van der Waals surface area contributed by atoms with Gasteiger partial charge in [0.1, 0.15) is 0 Å². The minimum Gasteiger partial charge on any atom is -0.388 e. The quantitative estimate of drug-likeness (QED) is 0.438. The average Bonchev–Trinajstić information content (AvgIpc) is 2.59. The van der Waals surface area contributed by atoms with Crippen LogP contribution in [0.1, 0.15) is 30.6 Å². The maximum Gasteiger partial charge on any atom is 0.460 e. The molecule has 0 aromatic heterocycles. The van der Waals surface area contributed by atoms with Gasteiger partial charge in [0.2, 0.25) is 0 Å². The van der Waals surface area contributed by atoms with Crippen LogP contribution in [-0.4, -0.2) is 40.9 Å². The first-order chi connectivity index (χ1) is 13.2. The predicted molar refractivity (Wildman–Crippen MR) is 76.2 cm³/mol. The summed E-state index contributed by atoms with van der Waals surface area (Å²) in [5, 5.41) is 9.72. The molecule has 0 aliphatic carbocycles. The number of aliphatic hydroxyl groups excluding tert-OH is 1. The van der Waals surface area contributed by atoms with Gasteiger partial charge in [0.25, 0.3) is 0 Å². The lowest BCUT2D eigenvalue weighted by atomic mass is 9.89. The third-order valence-corrected chi connectivity index (χ3v) is 4.24. The monoisotopic (exact) mass is 468 g/mol. The molecule has 0 heterocycles. The molecular weight excluding hydrogens is 455 g/mol. The van der Waals surface area contributed by atoms with Crippen LogP contribution in [0.5, 0.6) is 0 Å². The van der Waals surface area contributed by atoms with Crippen LogP contribution >= 0.6 is 0 Å². The van der Waals surface area contributed by atoms with Crippen molar-refractivity contribution in [1.29, 1.82) is 0 Å². The van der Waals surface area contributed by atoms with E-state index in [1.54, 1.807) is 0 Å². The molecule has 1 atom stereocenters. The maximum absolute atomic E-state index is 13.8. The lowest BCUT2D eigenvalue weighted by molar-refractivity contribution is -0.440. The third-order valence-electron chi connectivity index (χ3n) is 4.24. The van der Waals surface area contributed by atoms with E-state index in [-0.39, 0.29) is 12.0 Å². The number of rotatable bonds is 8. The first-order valence-corrected chi connectivity index (χ1v) is 7.90. The average molecular weight is 468 g/mol. The highest BCUT2D eigenvalue weighted by Crippen LogP contribution is 2.61. The highest BCUT2D eigenvalue weighted by atomic mass is 19.4. The summed E-state index contributed by atoms with van der Waals surface area (Å²) >= 11 is 0. The van der Waals surface area contributed by atoms with Gasteiger partial charge in [-0.3, -0.25) is 0 Å². The van der Waals surface area contributed by atoms with Crippen LogP contribution in [0.2, 0.25) is 0 Å². The smallest absolute Gasteiger partial charge is 0.388 e. The van der Waals surface area contributed by atoms with Crippen LogP contribution in [0.15, 0.2) is 24.3 Å². The Morgan fingerprint density at radius 3 is 1.57 bits per heavy atom.